The fourth-order valence-corrected chi connectivity index (χ4v) is 1.68. The highest BCUT2D eigenvalue weighted by atomic mass is 32.2. The quantitative estimate of drug-likeness (QED) is 0.614. The molecule has 0 saturated heterocycles. The Balaban J connectivity index is 4.06. The predicted octanol–water partition coefficient (Wildman–Crippen LogP) is 2.70. The van der Waals surface area contributed by atoms with Crippen molar-refractivity contribution in [2.45, 2.75) is 44.8 Å². The molecule has 0 fully saturated rings. The molecule has 14 heavy (non-hydrogen) atoms. The van der Waals surface area contributed by atoms with Gasteiger partial charge in [0.15, 0.2) is 0 Å². The molecule has 0 N–H and O–H groups in total. The van der Waals surface area contributed by atoms with Gasteiger partial charge in [-0.2, -0.15) is 11.8 Å². The van der Waals surface area contributed by atoms with E-state index >= 15 is 0 Å². The maximum atomic E-state index is 11.4. The Morgan fingerprint density at radius 3 is 2.43 bits per heavy atom. The van der Waals surface area contributed by atoms with Crippen LogP contribution < -0.4 is 0 Å². The summed E-state index contributed by atoms with van der Waals surface area (Å²) in [5, 5.41) is 0. The Morgan fingerprint density at radius 1 is 1.50 bits per heavy atom. The maximum Gasteiger partial charge on any atom is 0.135 e. The van der Waals surface area contributed by atoms with E-state index in [0.29, 0.717) is 12.8 Å². The average molecular weight is 216 g/mol. The van der Waals surface area contributed by atoms with Gasteiger partial charge in [0, 0.05) is 23.5 Å². The number of carbonyl (C=O) groups is 2. The molecule has 0 bridgehead atoms. The molecule has 1 unspecified atom stereocenters. The van der Waals surface area contributed by atoms with Gasteiger partial charge in [-0.15, -0.1) is 0 Å². The third-order valence-electron chi connectivity index (χ3n) is 2.55. The summed E-state index contributed by atoms with van der Waals surface area (Å²) in [5.41, 5.74) is 0. The number of aldehydes is 1. The lowest BCUT2D eigenvalue weighted by Crippen LogP contribution is -2.22. The van der Waals surface area contributed by atoms with E-state index in [1.807, 2.05) is 27.0 Å². The Bertz CT molecular complexity index is 201. The number of thioether (sulfide) groups is 1. The molecule has 0 amide bonds. The molecule has 0 aliphatic heterocycles. The number of carbonyl (C=O) groups excluding carboxylic acids is 2. The van der Waals surface area contributed by atoms with Crippen LogP contribution in [0.3, 0.4) is 0 Å². The number of hydrogen-bond acceptors (Lipinski definition) is 3. The number of Topliss-reactive ketones (excluding diaryl/α,β-unsaturated/α-hetero) is 1. The van der Waals surface area contributed by atoms with Crippen LogP contribution >= 0.6 is 11.8 Å². The average Bonchev–Trinajstić information content (AvgIpc) is 2.14. The number of rotatable bonds is 7. The highest BCUT2D eigenvalue weighted by molar-refractivity contribution is 8.00. The Hall–Kier alpha value is -0.310. The molecule has 0 aromatic heterocycles. The summed E-state index contributed by atoms with van der Waals surface area (Å²) in [7, 11) is 0. The maximum absolute atomic E-state index is 11.4. The van der Waals surface area contributed by atoms with Gasteiger partial charge >= 0.3 is 0 Å². The van der Waals surface area contributed by atoms with E-state index in [1.54, 1.807) is 11.8 Å². The van der Waals surface area contributed by atoms with Crippen molar-refractivity contribution in [3.63, 3.8) is 0 Å². The fraction of sp³-hybridized carbons (Fsp3) is 0.818. The van der Waals surface area contributed by atoms with Crippen LogP contribution in [0, 0.1) is 5.92 Å². The van der Waals surface area contributed by atoms with Crippen molar-refractivity contribution >= 4 is 23.8 Å². The van der Waals surface area contributed by atoms with Gasteiger partial charge in [-0.05, 0) is 12.7 Å². The molecular weight excluding hydrogens is 196 g/mol. The van der Waals surface area contributed by atoms with Gasteiger partial charge in [0.1, 0.15) is 12.1 Å². The van der Waals surface area contributed by atoms with E-state index < -0.39 is 0 Å². The second-order valence-corrected chi connectivity index (χ2v) is 5.54. The summed E-state index contributed by atoms with van der Waals surface area (Å²) in [6.07, 6.45) is 4.84. The lowest BCUT2D eigenvalue weighted by atomic mass is 9.96. The van der Waals surface area contributed by atoms with Crippen molar-refractivity contribution in [1.29, 1.82) is 0 Å². The molecule has 0 aliphatic rings. The topological polar surface area (TPSA) is 34.1 Å². The van der Waals surface area contributed by atoms with E-state index in [2.05, 4.69) is 0 Å². The van der Waals surface area contributed by atoms with Gasteiger partial charge in [0.05, 0.1) is 0 Å². The van der Waals surface area contributed by atoms with E-state index in [0.717, 1.165) is 12.7 Å². The SMILES string of the molecule is CSC(C)(CC=O)CCC(=O)C(C)C. The number of ketones is 1. The van der Waals surface area contributed by atoms with Crippen molar-refractivity contribution in [1.82, 2.24) is 0 Å². The summed E-state index contributed by atoms with van der Waals surface area (Å²) in [4.78, 5) is 21.9. The molecule has 0 heterocycles. The van der Waals surface area contributed by atoms with Gasteiger partial charge in [-0.3, -0.25) is 4.79 Å². The molecule has 0 aliphatic carbocycles. The molecule has 2 nitrogen and oxygen atoms in total. The largest absolute Gasteiger partial charge is 0.303 e. The smallest absolute Gasteiger partial charge is 0.135 e. The van der Waals surface area contributed by atoms with Gasteiger partial charge in [-0.1, -0.05) is 20.8 Å². The fourth-order valence-electron chi connectivity index (χ4n) is 1.14. The minimum absolute atomic E-state index is 0.0632. The van der Waals surface area contributed by atoms with Crippen LogP contribution in [0.2, 0.25) is 0 Å². The molecule has 0 saturated carbocycles. The van der Waals surface area contributed by atoms with Crippen molar-refractivity contribution in [3.8, 4) is 0 Å². The summed E-state index contributed by atoms with van der Waals surface area (Å²) in [5.74, 6) is 0.397. The zero-order chi connectivity index (χ0) is 11.2. The van der Waals surface area contributed by atoms with Crippen LogP contribution in [0.1, 0.15) is 40.0 Å². The van der Waals surface area contributed by atoms with Crippen molar-refractivity contribution < 1.29 is 9.59 Å². The Morgan fingerprint density at radius 2 is 2.07 bits per heavy atom. The monoisotopic (exact) mass is 216 g/mol. The van der Waals surface area contributed by atoms with E-state index in [1.165, 1.54) is 0 Å². The van der Waals surface area contributed by atoms with Gasteiger partial charge in [-0.25, -0.2) is 0 Å². The van der Waals surface area contributed by atoms with E-state index in [4.69, 9.17) is 0 Å². The first-order chi connectivity index (χ1) is 6.45. The molecular formula is C11H20O2S. The van der Waals surface area contributed by atoms with Crippen LogP contribution in [-0.2, 0) is 9.59 Å². The van der Waals surface area contributed by atoms with Gasteiger partial charge < -0.3 is 4.79 Å². The summed E-state index contributed by atoms with van der Waals surface area (Å²) < 4.78 is -0.0632. The zero-order valence-corrected chi connectivity index (χ0v) is 10.3. The second-order valence-electron chi connectivity index (χ2n) is 4.15. The molecule has 0 spiro atoms. The lowest BCUT2D eigenvalue weighted by molar-refractivity contribution is -0.122. The molecule has 1 atom stereocenters. The molecule has 0 radical (unpaired) electrons. The zero-order valence-electron chi connectivity index (χ0n) is 9.50. The first-order valence-corrected chi connectivity index (χ1v) is 6.19. The third kappa shape index (κ3) is 4.80. The standard InChI is InChI=1S/C11H20O2S/c1-9(2)10(13)5-6-11(3,14-4)7-8-12/h8-9H,5-7H2,1-4H3. The molecule has 82 valence electrons. The Labute approximate surface area is 90.8 Å². The minimum Gasteiger partial charge on any atom is -0.303 e. The lowest BCUT2D eigenvalue weighted by Gasteiger charge is -2.24. The summed E-state index contributed by atoms with van der Waals surface area (Å²) >= 11 is 1.67. The molecule has 0 rings (SSSR count). The van der Waals surface area contributed by atoms with Gasteiger partial charge in [0.2, 0.25) is 0 Å². The normalized spacial score (nSPS) is 15.2. The van der Waals surface area contributed by atoms with Gasteiger partial charge in [0.25, 0.3) is 0 Å². The van der Waals surface area contributed by atoms with Crippen molar-refractivity contribution in [3.05, 3.63) is 0 Å². The van der Waals surface area contributed by atoms with Crippen LogP contribution in [0.5, 0.6) is 0 Å². The van der Waals surface area contributed by atoms with Crippen LogP contribution in [0.25, 0.3) is 0 Å². The van der Waals surface area contributed by atoms with Crippen LogP contribution in [0.4, 0.5) is 0 Å². The number of hydrogen-bond donors (Lipinski definition) is 0. The highest BCUT2D eigenvalue weighted by Gasteiger charge is 2.23. The predicted molar refractivity (Wildman–Crippen MR) is 61.7 cm³/mol. The van der Waals surface area contributed by atoms with Crippen molar-refractivity contribution in [2.24, 2.45) is 5.92 Å². The van der Waals surface area contributed by atoms with E-state index in [-0.39, 0.29) is 16.4 Å². The highest BCUT2D eigenvalue weighted by Crippen LogP contribution is 2.30. The molecule has 0 aromatic carbocycles. The third-order valence-corrected chi connectivity index (χ3v) is 3.91. The first-order valence-electron chi connectivity index (χ1n) is 4.96. The van der Waals surface area contributed by atoms with Crippen LogP contribution in [0.15, 0.2) is 0 Å². The summed E-state index contributed by atoms with van der Waals surface area (Å²) in [6, 6.07) is 0. The molecule has 3 heteroatoms. The first kappa shape index (κ1) is 13.7. The second kappa shape index (κ2) is 6.23. The van der Waals surface area contributed by atoms with Crippen molar-refractivity contribution in [2.75, 3.05) is 6.26 Å². The van der Waals surface area contributed by atoms with Crippen LogP contribution in [-0.4, -0.2) is 23.1 Å². The molecule has 0 aromatic rings. The van der Waals surface area contributed by atoms with E-state index in [9.17, 15) is 9.59 Å². The summed E-state index contributed by atoms with van der Waals surface area (Å²) in [6.45, 7) is 5.87. The minimum atomic E-state index is -0.0632. The Kier molecular flexibility index (Phi) is 6.09.